The van der Waals surface area contributed by atoms with Crippen molar-refractivity contribution in [3.05, 3.63) is 59.9 Å². The highest BCUT2D eigenvalue weighted by atomic mass is 16.3. The van der Waals surface area contributed by atoms with E-state index >= 15 is 0 Å². The minimum atomic E-state index is -0.122. The number of aliphatic hydroxyl groups is 1. The first kappa shape index (κ1) is 27.0. The smallest absolute Gasteiger partial charge is 0.241 e. The summed E-state index contributed by atoms with van der Waals surface area (Å²) >= 11 is 0. The van der Waals surface area contributed by atoms with Crippen LogP contribution in [0.1, 0.15) is 77.6 Å². The van der Waals surface area contributed by atoms with E-state index in [0.717, 1.165) is 70.2 Å². The van der Waals surface area contributed by atoms with Gasteiger partial charge in [-0.25, -0.2) is 5.01 Å². The fourth-order valence-electron chi connectivity index (χ4n) is 8.66. The molecule has 6 unspecified atom stereocenters. The van der Waals surface area contributed by atoms with E-state index in [4.69, 9.17) is 0 Å². The molecule has 3 aliphatic heterocycles. The summed E-state index contributed by atoms with van der Waals surface area (Å²) in [7, 11) is 0. The van der Waals surface area contributed by atoms with Gasteiger partial charge in [0.25, 0.3) is 0 Å². The fraction of sp³-hybridized carbons (Fsp3) is 0.667. The Morgan fingerprint density at radius 2 is 1.97 bits per heavy atom. The number of carbonyl (C=O) groups is 1. The first-order valence-corrected chi connectivity index (χ1v) is 15.7. The number of rotatable bonds is 8. The number of aliphatic hydroxyl groups excluding tert-OH is 1. The van der Waals surface area contributed by atoms with Crippen LogP contribution in [0.2, 0.25) is 0 Å². The molecule has 0 aromatic rings. The van der Waals surface area contributed by atoms with Crippen molar-refractivity contribution in [3.8, 4) is 0 Å². The fourth-order valence-corrected chi connectivity index (χ4v) is 8.66. The molecule has 4 fully saturated rings. The average Bonchev–Trinajstić information content (AvgIpc) is 3.25. The van der Waals surface area contributed by atoms with Crippen LogP contribution in [0.15, 0.2) is 59.9 Å². The van der Waals surface area contributed by atoms with Gasteiger partial charge in [-0.1, -0.05) is 37.1 Å². The second-order valence-corrected chi connectivity index (χ2v) is 12.9. The van der Waals surface area contributed by atoms with Gasteiger partial charge in [0.2, 0.25) is 5.91 Å². The third-order valence-corrected chi connectivity index (χ3v) is 10.8. The van der Waals surface area contributed by atoms with Crippen LogP contribution in [0.3, 0.4) is 0 Å². The Bertz CT molecular complexity index is 1070. The number of fused-ring (bicyclic) bond motifs is 1. The molecule has 6 nitrogen and oxygen atoms in total. The van der Waals surface area contributed by atoms with E-state index in [0.29, 0.717) is 11.8 Å². The number of nitrogens with zero attached hydrogens (tertiary/aromatic N) is 3. The van der Waals surface area contributed by atoms with Crippen molar-refractivity contribution in [1.82, 2.24) is 20.2 Å². The Morgan fingerprint density at radius 1 is 1.15 bits per heavy atom. The van der Waals surface area contributed by atoms with Crippen molar-refractivity contribution >= 4 is 5.91 Å². The number of likely N-dealkylation sites (tertiary alicyclic amines) is 2. The minimum Gasteiger partial charge on any atom is -0.508 e. The molecule has 6 aliphatic rings. The minimum absolute atomic E-state index is 0.120. The number of piperidine rings is 1. The lowest BCUT2D eigenvalue weighted by molar-refractivity contribution is -0.206. The maximum atomic E-state index is 13.1. The van der Waals surface area contributed by atoms with Gasteiger partial charge in [0.1, 0.15) is 5.76 Å². The van der Waals surface area contributed by atoms with Gasteiger partial charge in [0, 0.05) is 37.3 Å². The zero-order valence-corrected chi connectivity index (χ0v) is 23.9. The van der Waals surface area contributed by atoms with Crippen LogP contribution < -0.4 is 5.43 Å². The maximum Gasteiger partial charge on any atom is 0.241 e. The lowest BCUT2D eigenvalue weighted by Gasteiger charge is -2.71. The lowest BCUT2D eigenvalue weighted by Crippen LogP contribution is -2.81. The van der Waals surface area contributed by atoms with Gasteiger partial charge >= 0.3 is 0 Å². The number of carbonyl (C=O) groups excluding carboxylic acids is 1. The molecule has 6 rings (SSSR count). The van der Waals surface area contributed by atoms with Crippen LogP contribution in [-0.4, -0.2) is 75.7 Å². The number of allylic oxidation sites excluding steroid dienone is 3. The third-order valence-electron chi connectivity index (χ3n) is 10.8. The van der Waals surface area contributed by atoms with E-state index < -0.39 is 0 Å². The molecule has 3 heterocycles. The van der Waals surface area contributed by atoms with E-state index in [2.05, 4.69) is 58.0 Å². The molecule has 6 heteroatoms. The molecule has 1 amide bonds. The van der Waals surface area contributed by atoms with Crippen molar-refractivity contribution in [3.63, 3.8) is 0 Å². The van der Waals surface area contributed by atoms with Gasteiger partial charge in [0.05, 0.1) is 12.0 Å². The van der Waals surface area contributed by atoms with E-state index in [1.165, 1.54) is 49.7 Å². The number of amides is 1. The highest BCUT2D eigenvalue weighted by Gasteiger charge is 2.65. The molecular weight excluding hydrogens is 484 g/mol. The Kier molecular flexibility index (Phi) is 7.89. The number of hydrogen-bond acceptors (Lipinski definition) is 5. The Balaban J connectivity index is 1.22. The van der Waals surface area contributed by atoms with E-state index in [1.54, 1.807) is 0 Å². The van der Waals surface area contributed by atoms with Gasteiger partial charge in [-0.15, -0.1) is 6.58 Å². The standard InChI is InChI=1S/C33H48N4O2/c1-3-19-37-29-18-17-28(29)33(37,2)30-12-9-22-36(30)31(26-10-8-11-27(38)23-26)24-13-15-25(16-14-24)32(39)34-35-20-6-4-5-7-21-35/h3,11,13-15,23,25,28-31,38H,1,4-10,12,16-22H2,2H3,(H,34,39). The normalized spacial score (nSPS) is 36.4. The quantitative estimate of drug-likeness (QED) is 0.408. The van der Waals surface area contributed by atoms with Crippen LogP contribution in [-0.2, 0) is 4.79 Å². The summed E-state index contributed by atoms with van der Waals surface area (Å²) in [4.78, 5) is 18.6. The molecule has 39 heavy (non-hydrogen) atoms. The van der Waals surface area contributed by atoms with Crippen LogP contribution in [0.5, 0.6) is 0 Å². The SMILES string of the molecule is C=CCN1C2CCC2C1(C)C1CCCN1C(C1=CCC(C(=O)NN2CCCCCC2)C=C1)C1=CC(O)=CCC1. The molecule has 6 atom stereocenters. The topological polar surface area (TPSA) is 59.0 Å². The molecule has 0 spiro atoms. The predicted molar refractivity (Wildman–Crippen MR) is 157 cm³/mol. The molecule has 0 bridgehead atoms. The molecule has 0 radical (unpaired) electrons. The molecule has 1 saturated carbocycles. The largest absolute Gasteiger partial charge is 0.508 e. The maximum absolute atomic E-state index is 13.1. The van der Waals surface area contributed by atoms with Crippen molar-refractivity contribution in [2.24, 2.45) is 11.8 Å². The lowest BCUT2D eigenvalue weighted by atomic mass is 9.54. The zero-order valence-electron chi connectivity index (χ0n) is 23.9. The van der Waals surface area contributed by atoms with Crippen molar-refractivity contribution < 1.29 is 9.90 Å². The Labute approximate surface area is 235 Å². The van der Waals surface area contributed by atoms with Crippen molar-refractivity contribution in [2.45, 2.75) is 101 Å². The monoisotopic (exact) mass is 532 g/mol. The average molecular weight is 533 g/mol. The van der Waals surface area contributed by atoms with Gasteiger partial charge in [-0.05, 0) is 100 Å². The number of hydrazine groups is 1. The highest BCUT2D eigenvalue weighted by molar-refractivity contribution is 5.80. The second kappa shape index (κ2) is 11.4. The summed E-state index contributed by atoms with van der Waals surface area (Å²) in [6.45, 7) is 10.5. The highest BCUT2D eigenvalue weighted by Crippen LogP contribution is 2.58. The van der Waals surface area contributed by atoms with Crippen LogP contribution >= 0.6 is 0 Å². The first-order valence-electron chi connectivity index (χ1n) is 15.7. The zero-order chi connectivity index (χ0) is 27.0. The van der Waals surface area contributed by atoms with E-state index in [9.17, 15) is 9.90 Å². The molecule has 3 saturated heterocycles. The Hall–Kier alpha value is -2.15. The van der Waals surface area contributed by atoms with E-state index in [1.807, 2.05) is 12.2 Å². The summed E-state index contributed by atoms with van der Waals surface area (Å²) in [6, 6.07) is 1.36. The summed E-state index contributed by atoms with van der Waals surface area (Å²) in [6.07, 6.45) is 25.2. The molecule has 0 aromatic heterocycles. The van der Waals surface area contributed by atoms with Crippen LogP contribution in [0.4, 0.5) is 0 Å². The molecule has 212 valence electrons. The van der Waals surface area contributed by atoms with Crippen molar-refractivity contribution in [2.75, 3.05) is 26.2 Å². The summed E-state index contributed by atoms with van der Waals surface area (Å²) in [5.74, 6) is 1.17. The number of nitrogens with one attached hydrogen (secondary N) is 1. The van der Waals surface area contributed by atoms with Crippen LogP contribution in [0, 0.1) is 11.8 Å². The molecular formula is C33H48N4O2. The predicted octanol–water partition coefficient (Wildman–Crippen LogP) is 5.43. The third kappa shape index (κ3) is 4.98. The Morgan fingerprint density at radius 3 is 2.64 bits per heavy atom. The molecule has 0 aromatic carbocycles. The van der Waals surface area contributed by atoms with Gasteiger partial charge in [0.15, 0.2) is 0 Å². The van der Waals surface area contributed by atoms with Gasteiger partial charge < -0.3 is 5.11 Å². The number of hydrogen-bond donors (Lipinski definition) is 2. The van der Waals surface area contributed by atoms with Gasteiger partial charge in [-0.3, -0.25) is 20.0 Å². The first-order chi connectivity index (χ1) is 19.0. The molecule has 2 N–H and O–H groups in total. The second-order valence-electron chi connectivity index (χ2n) is 12.9. The summed E-state index contributed by atoms with van der Waals surface area (Å²) in [5.41, 5.74) is 5.99. The molecule has 3 aliphatic carbocycles. The van der Waals surface area contributed by atoms with Crippen LogP contribution in [0.25, 0.3) is 0 Å². The van der Waals surface area contributed by atoms with E-state index in [-0.39, 0.29) is 23.4 Å². The van der Waals surface area contributed by atoms with Crippen molar-refractivity contribution in [1.29, 1.82) is 0 Å². The van der Waals surface area contributed by atoms with Gasteiger partial charge in [-0.2, -0.15) is 0 Å². The summed E-state index contributed by atoms with van der Waals surface area (Å²) in [5, 5.41) is 12.6. The summed E-state index contributed by atoms with van der Waals surface area (Å²) < 4.78 is 0.